The van der Waals surface area contributed by atoms with Gasteiger partial charge in [0.15, 0.2) is 0 Å². The Morgan fingerprint density at radius 2 is 1.39 bits per heavy atom. The first-order valence-corrected chi connectivity index (χ1v) is 12.1. The van der Waals surface area contributed by atoms with Crippen molar-refractivity contribution in [3.05, 3.63) is 100 Å². The fourth-order valence-electron chi connectivity index (χ4n) is 3.86. The van der Waals surface area contributed by atoms with E-state index in [9.17, 15) is 4.79 Å². The number of hydrogen-bond donors (Lipinski definition) is 3. The summed E-state index contributed by atoms with van der Waals surface area (Å²) in [6, 6.07) is 25.1. The highest BCUT2D eigenvalue weighted by atomic mass is 35.5. The van der Waals surface area contributed by atoms with Crippen molar-refractivity contribution in [3.63, 3.8) is 0 Å². The SMILES string of the molecule is NC(CCCCNC(=O)Nc1ccccc1)(CCc1ccc(Cl)cc1)Cc1ccc(Cl)cc1. The molecule has 4 N–H and O–H groups in total. The number of urea groups is 1. The van der Waals surface area contributed by atoms with Gasteiger partial charge < -0.3 is 16.4 Å². The van der Waals surface area contributed by atoms with Crippen LogP contribution in [0, 0.1) is 0 Å². The molecule has 0 saturated carbocycles. The van der Waals surface area contributed by atoms with E-state index in [4.69, 9.17) is 28.9 Å². The molecule has 33 heavy (non-hydrogen) atoms. The van der Waals surface area contributed by atoms with E-state index in [1.165, 1.54) is 11.1 Å². The van der Waals surface area contributed by atoms with Gasteiger partial charge in [0.1, 0.15) is 0 Å². The van der Waals surface area contributed by atoms with Gasteiger partial charge in [0.25, 0.3) is 0 Å². The zero-order chi connectivity index (χ0) is 23.5. The maximum absolute atomic E-state index is 12.1. The van der Waals surface area contributed by atoms with Gasteiger partial charge in [0.05, 0.1) is 0 Å². The third kappa shape index (κ3) is 9.09. The molecule has 1 atom stereocenters. The number of nitrogens with two attached hydrogens (primary N) is 1. The number of carbonyl (C=O) groups excluding carboxylic acids is 1. The molecule has 0 heterocycles. The van der Waals surface area contributed by atoms with Crippen molar-refractivity contribution in [3.8, 4) is 0 Å². The Morgan fingerprint density at radius 3 is 2.03 bits per heavy atom. The zero-order valence-electron chi connectivity index (χ0n) is 18.7. The lowest BCUT2D eigenvalue weighted by Gasteiger charge is -2.30. The van der Waals surface area contributed by atoms with Gasteiger partial charge in [-0.3, -0.25) is 0 Å². The summed E-state index contributed by atoms with van der Waals surface area (Å²) in [4.78, 5) is 12.1. The molecule has 3 rings (SSSR count). The number of benzene rings is 3. The molecule has 4 nitrogen and oxygen atoms in total. The molecule has 0 aliphatic heterocycles. The van der Waals surface area contributed by atoms with E-state index < -0.39 is 0 Å². The number of nitrogens with one attached hydrogen (secondary N) is 2. The Morgan fingerprint density at radius 1 is 0.788 bits per heavy atom. The number of anilines is 1. The van der Waals surface area contributed by atoms with Crippen molar-refractivity contribution < 1.29 is 4.79 Å². The molecule has 0 radical (unpaired) electrons. The van der Waals surface area contributed by atoms with Crippen molar-refractivity contribution in [1.29, 1.82) is 0 Å². The van der Waals surface area contributed by atoms with Crippen LogP contribution in [0.4, 0.5) is 10.5 Å². The van der Waals surface area contributed by atoms with Crippen molar-refractivity contribution in [2.75, 3.05) is 11.9 Å². The summed E-state index contributed by atoms with van der Waals surface area (Å²) in [6.07, 6.45) is 5.18. The van der Waals surface area contributed by atoms with Gasteiger partial charge in [0, 0.05) is 27.8 Å². The third-order valence-corrected chi connectivity index (χ3v) is 6.22. The van der Waals surface area contributed by atoms with E-state index in [1.54, 1.807) is 0 Å². The van der Waals surface area contributed by atoms with Crippen molar-refractivity contribution in [1.82, 2.24) is 5.32 Å². The van der Waals surface area contributed by atoms with Crippen LogP contribution in [0.1, 0.15) is 36.8 Å². The van der Waals surface area contributed by atoms with E-state index >= 15 is 0 Å². The molecule has 1 unspecified atom stereocenters. The Bertz CT molecular complexity index is 994. The molecule has 0 bridgehead atoms. The Hall–Kier alpha value is -2.53. The Kier molecular flexibility index (Phi) is 9.61. The zero-order valence-corrected chi connectivity index (χ0v) is 20.2. The lowest BCUT2D eigenvalue weighted by Crippen LogP contribution is -2.42. The normalized spacial score (nSPS) is 12.7. The minimum Gasteiger partial charge on any atom is -0.338 e. The summed E-state index contributed by atoms with van der Waals surface area (Å²) in [5.74, 6) is 0. The second kappa shape index (κ2) is 12.6. The summed E-state index contributed by atoms with van der Waals surface area (Å²) in [5, 5.41) is 7.22. The van der Waals surface area contributed by atoms with Crippen molar-refractivity contribution in [2.45, 2.75) is 44.1 Å². The highest BCUT2D eigenvalue weighted by Gasteiger charge is 2.25. The monoisotopic (exact) mass is 483 g/mol. The maximum Gasteiger partial charge on any atom is 0.319 e. The van der Waals surface area contributed by atoms with Crippen LogP contribution in [0.2, 0.25) is 10.0 Å². The van der Waals surface area contributed by atoms with Crippen LogP contribution >= 0.6 is 23.2 Å². The van der Waals surface area contributed by atoms with Gasteiger partial charge in [0.2, 0.25) is 0 Å². The van der Waals surface area contributed by atoms with Gasteiger partial charge in [-0.1, -0.05) is 65.7 Å². The van der Waals surface area contributed by atoms with Crippen LogP contribution in [0.5, 0.6) is 0 Å². The number of halogens is 2. The molecule has 0 aliphatic rings. The molecule has 0 fully saturated rings. The molecule has 0 aliphatic carbocycles. The number of aryl methyl sites for hydroxylation is 1. The number of hydrogen-bond acceptors (Lipinski definition) is 2. The van der Waals surface area contributed by atoms with Crippen LogP contribution in [0.25, 0.3) is 0 Å². The summed E-state index contributed by atoms with van der Waals surface area (Å²) in [7, 11) is 0. The van der Waals surface area contributed by atoms with E-state index in [1.807, 2.05) is 66.7 Å². The van der Waals surface area contributed by atoms with E-state index in [0.29, 0.717) is 6.54 Å². The number of para-hydroxylation sites is 1. The molecular weight excluding hydrogens is 453 g/mol. The van der Waals surface area contributed by atoms with E-state index in [0.717, 1.165) is 54.3 Å². The minimum atomic E-state index is -0.347. The fraction of sp³-hybridized carbons (Fsp3) is 0.296. The van der Waals surface area contributed by atoms with Gasteiger partial charge >= 0.3 is 6.03 Å². The highest BCUT2D eigenvalue weighted by molar-refractivity contribution is 6.30. The number of unbranched alkanes of at least 4 members (excludes halogenated alkanes) is 1. The first-order valence-electron chi connectivity index (χ1n) is 11.3. The van der Waals surface area contributed by atoms with Crippen LogP contribution in [-0.2, 0) is 12.8 Å². The molecule has 3 aromatic carbocycles. The molecule has 174 valence electrons. The summed E-state index contributed by atoms with van der Waals surface area (Å²) in [5.41, 5.74) is 9.77. The lowest BCUT2D eigenvalue weighted by atomic mass is 9.82. The number of rotatable bonds is 11. The topological polar surface area (TPSA) is 67.1 Å². The molecule has 3 aromatic rings. The second-order valence-corrected chi connectivity index (χ2v) is 9.37. The Labute approximate surface area is 206 Å². The quantitative estimate of drug-likeness (QED) is 0.260. The molecule has 2 amide bonds. The minimum absolute atomic E-state index is 0.191. The van der Waals surface area contributed by atoms with Gasteiger partial charge in [-0.05, 0) is 86.1 Å². The molecule has 0 saturated heterocycles. The van der Waals surface area contributed by atoms with Gasteiger partial charge in [-0.25, -0.2) is 4.79 Å². The van der Waals surface area contributed by atoms with Crippen LogP contribution in [0.15, 0.2) is 78.9 Å². The van der Waals surface area contributed by atoms with Crippen LogP contribution in [-0.4, -0.2) is 18.1 Å². The predicted octanol–water partition coefficient (Wildman–Crippen LogP) is 6.86. The Balaban J connectivity index is 1.50. The van der Waals surface area contributed by atoms with Gasteiger partial charge in [-0.15, -0.1) is 0 Å². The van der Waals surface area contributed by atoms with Crippen molar-refractivity contribution >= 4 is 34.9 Å². The molecule has 0 aromatic heterocycles. The van der Waals surface area contributed by atoms with E-state index in [-0.39, 0.29) is 11.6 Å². The average Bonchev–Trinajstić information content (AvgIpc) is 2.81. The molecule has 0 spiro atoms. The van der Waals surface area contributed by atoms with Crippen LogP contribution in [0.3, 0.4) is 0 Å². The summed E-state index contributed by atoms with van der Waals surface area (Å²) < 4.78 is 0. The fourth-order valence-corrected chi connectivity index (χ4v) is 4.11. The maximum atomic E-state index is 12.1. The first-order chi connectivity index (χ1) is 15.9. The highest BCUT2D eigenvalue weighted by Crippen LogP contribution is 2.25. The standard InChI is InChI=1S/C27H31Cl2N3O/c28-23-12-8-21(9-13-23)16-18-27(30,20-22-10-14-24(29)15-11-22)17-4-5-19-31-26(33)32-25-6-2-1-3-7-25/h1-3,6-15H,4-5,16-20,30H2,(H2,31,32,33). The predicted molar refractivity (Wildman–Crippen MR) is 139 cm³/mol. The number of carbonyl (C=O) groups is 1. The summed E-state index contributed by atoms with van der Waals surface area (Å²) >= 11 is 12.1. The van der Waals surface area contributed by atoms with Gasteiger partial charge in [-0.2, -0.15) is 0 Å². The third-order valence-electron chi connectivity index (χ3n) is 5.71. The van der Waals surface area contributed by atoms with Crippen LogP contribution < -0.4 is 16.4 Å². The number of amides is 2. The molecular formula is C27H31Cl2N3O. The summed E-state index contributed by atoms with van der Waals surface area (Å²) in [6.45, 7) is 0.604. The lowest BCUT2D eigenvalue weighted by molar-refractivity contribution is 0.251. The van der Waals surface area contributed by atoms with Crippen molar-refractivity contribution in [2.24, 2.45) is 5.73 Å². The van der Waals surface area contributed by atoms with E-state index in [2.05, 4.69) is 22.8 Å². The first kappa shape index (κ1) is 25.1. The largest absolute Gasteiger partial charge is 0.338 e. The smallest absolute Gasteiger partial charge is 0.319 e. The second-order valence-electron chi connectivity index (χ2n) is 8.50. The molecule has 6 heteroatoms. The average molecular weight is 484 g/mol.